The van der Waals surface area contributed by atoms with Gasteiger partial charge in [-0.3, -0.25) is 4.99 Å². The maximum atomic E-state index is 5.20. The fourth-order valence-corrected chi connectivity index (χ4v) is 1.13. The molecule has 0 saturated carbocycles. The molecule has 3 nitrogen and oxygen atoms in total. The Bertz CT molecular complexity index is 321. The molecule has 0 fully saturated rings. The summed E-state index contributed by atoms with van der Waals surface area (Å²) in [6, 6.07) is 5.63. The van der Waals surface area contributed by atoms with E-state index in [-0.39, 0.29) is 0 Å². The second kappa shape index (κ2) is 5.27. The standard InChI is InChI=1S/C11H15NO2/c1-4-12-8-9-7-10(13-2)5-6-11(9)14-3/h5-8H,4H2,1-3H3. The van der Waals surface area contributed by atoms with Crippen molar-refractivity contribution in [3.8, 4) is 11.5 Å². The van der Waals surface area contributed by atoms with Crippen LogP contribution < -0.4 is 9.47 Å². The first-order valence-electron chi connectivity index (χ1n) is 4.53. The van der Waals surface area contributed by atoms with E-state index in [1.54, 1.807) is 20.4 Å². The zero-order valence-corrected chi connectivity index (χ0v) is 8.78. The molecule has 0 aliphatic carbocycles. The minimum absolute atomic E-state index is 0.764. The van der Waals surface area contributed by atoms with E-state index in [0.29, 0.717) is 0 Å². The first kappa shape index (κ1) is 10.6. The van der Waals surface area contributed by atoms with Gasteiger partial charge in [0, 0.05) is 18.3 Å². The molecule has 0 saturated heterocycles. The van der Waals surface area contributed by atoms with Crippen molar-refractivity contribution in [2.75, 3.05) is 20.8 Å². The van der Waals surface area contributed by atoms with Gasteiger partial charge in [0.1, 0.15) is 11.5 Å². The molecule has 0 atom stereocenters. The first-order valence-corrected chi connectivity index (χ1v) is 4.53. The minimum atomic E-state index is 0.764. The molecule has 0 amide bonds. The average molecular weight is 193 g/mol. The summed E-state index contributed by atoms with van der Waals surface area (Å²) >= 11 is 0. The van der Waals surface area contributed by atoms with Gasteiger partial charge in [0.25, 0.3) is 0 Å². The lowest BCUT2D eigenvalue weighted by molar-refractivity contribution is 0.402. The van der Waals surface area contributed by atoms with Gasteiger partial charge < -0.3 is 9.47 Å². The topological polar surface area (TPSA) is 30.8 Å². The van der Waals surface area contributed by atoms with Crippen LogP contribution in [-0.4, -0.2) is 27.0 Å². The molecular weight excluding hydrogens is 178 g/mol. The van der Waals surface area contributed by atoms with Gasteiger partial charge >= 0.3 is 0 Å². The van der Waals surface area contributed by atoms with Gasteiger partial charge in [-0.2, -0.15) is 0 Å². The summed E-state index contributed by atoms with van der Waals surface area (Å²) in [6.45, 7) is 2.75. The summed E-state index contributed by atoms with van der Waals surface area (Å²) in [5.74, 6) is 1.62. The number of ether oxygens (including phenoxy) is 2. The number of hydrogen-bond donors (Lipinski definition) is 0. The number of benzene rings is 1. The van der Waals surface area contributed by atoms with Crippen molar-refractivity contribution in [2.24, 2.45) is 4.99 Å². The SMILES string of the molecule is CCN=Cc1cc(OC)ccc1OC. The van der Waals surface area contributed by atoms with Crippen LogP contribution in [0.1, 0.15) is 12.5 Å². The van der Waals surface area contributed by atoms with E-state index in [1.165, 1.54) is 0 Å². The zero-order valence-electron chi connectivity index (χ0n) is 8.78. The summed E-state index contributed by atoms with van der Waals surface area (Å²) in [7, 11) is 3.29. The summed E-state index contributed by atoms with van der Waals surface area (Å²) in [5.41, 5.74) is 0.939. The zero-order chi connectivity index (χ0) is 10.4. The monoisotopic (exact) mass is 193 g/mol. The Hall–Kier alpha value is -1.51. The number of nitrogens with zero attached hydrogens (tertiary/aromatic N) is 1. The van der Waals surface area contributed by atoms with Crippen molar-refractivity contribution in [2.45, 2.75) is 6.92 Å². The molecule has 1 aromatic carbocycles. The summed E-state index contributed by atoms with van der Waals surface area (Å²) in [4.78, 5) is 4.17. The molecule has 3 heteroatoms. The molecule has 0 aromatic heterocycles. The van der Waals surface area contributed by atoms with Gasteiger partial charge in [0.05, 0.1) is 14.2 Å². The van der Waals surface area contributed by atoms with Crippen LogP contribution in [0.4, 0.5) is 0 Å². The van der Waals surface area contributed by atoms with Crippen LogP contribution >= 0.6 is 0 Å². The van der Waals surface area contributed by atoms with Gasteiger partial charge in [-0.05, 0) is 25.1 Å². The molecule has 1 rings (SSSR count). The van der Waals surface area contributed by atoms with Crippen molar-refractivity contribution in [1.82, 2.24) is 0 Å². The van der Waals surface area contributed by atoms with Crippen LogP contribution in [0.2, 0.25) is 0 Å². The third kappa shape index (κ3) is 2.49. The smallest absolute Gasteiger partial charge is 0.127 e. The number of rotatable bonds is 4. The van der Waals surface area contributed by atoms with E-state index in [2.05, 4.69) is 4.99 Å². The first-order chi connectivity index (χ1) is 6.81. The van der Waals surface area contributed by atoms with Crippen molar-refractivity contribution in [1.29, 1.82) is 0 Å². The van der Waals surface area contributed by atoms with Crippen LogP contribution in [0.25, 0.3) is 0 Å². The molecule has 0 heterocycles. The van der Waals surface area contributed by atoms with E-state index in [0.717, 1.165) is 23.6 Å². The van der Waals surface area contributed by atoms with Gasteiger partial charge in [-0.1, -0.05) is 0 Å². The highest BCUT2D eigenvalue weighted by atomic mass is 16.5. The maximum absolute atomic E-state index is 5.20. The minimum Gasteiger partial charge on any atom is -0.497 e. The van der Waals surface area contributed by atoms with Crippen molar-refractivity contribution >= 4 is 6.21 Å². The van der Waals surface area contributed by atoms with Gasteiger partial charge in [-0.25, -0.2) is 0 Å². The molecule has 0 aliphatic heterocycles. The molecule has 0 aliphatic rings. The van der Waals surface area contributed by atoms with E-state index < -0.39 is 0 Å². The summed E-state index contributed by atoms with van der Waals surface area (Å²) in [5, 5.41) is 0. The Morgan fingerprint density at radius 1 is 1.29 bits per heavy atom. The molecule has 0 bridgehead atoms. The Morgan fingerprint density at radius 2 is 2.07 bits per heavy atom. The molecule has 76 valence electrons. The number of aliphatic imine (C=N–C) groups is 1. The number of methoxy groups -OCH3 is 2. The second-order valence-corrected chi connectivity index (χ2v) is 2.74. The average Bonchev–Trinajstić information content (AvgIpc) is 2.25. The molecular formula is C11H15NO2. The molecule has 0 radical (unpaired) electrons. The fraction of sp³-hybridized carbons (Fsp3) is 0.364. The Kier molecular flexibility index (Phi) is 3.98. The van der Waals surface area contributed by atoms with E-state index >= 15 is 0 Å². The summed E-state index contributed by atoms with van der Waals surface area (Å²) < 4.78 is 10.3. The summed E-state index contributed by atoms with van der Waals surface area (Å²) in [6.07, 6.45) is 1.79. The predicted octanol–water partition coefficient (Wildman–Crippen LogP) is 2.14. The van der Waals surface area contributed by atoms with Gasteiger partial charge in [0.2, 0.25) is 0 Å². The Labute approximate surface area is 84.4 Å². The van der Waals surface area contributed by atoms with E-state index in [1.807, 2.05) is 25.1 Å². The molecule has 0 N–H and O–H groups in total. The fourth-order valence-electron chi connectivity index (χ4n) is 1.13. The maximum Gasteiger partial charge on any atom is 0.127 e. The molecule has 1 aromatic rings. The van der Waals surface area contributed by atoms with E-state index in [9.17, 15) is 0 Å². The van der Waals surface area contributed by atoms with E-state index in [4.69, 9.17) is 9.47 Å². The third-order valence-electron chi connectivity index (χ3n) is 1.85. The highest BCUT2D eigenvalue weighted by Gasteiger charge is 2.01. The van der Waals surface area contributed by atoms with Crippen LogP contribution in [0.15, 0.2) is 23.2 Å². The Balaban J connectivity index is 3.02. The predicted molar refractivity (Wildman–Crippen MR) is 57.7 cm³/mol. The van der Waals surface area contributed by atoms with Gasteiger partial charge in [0.15, 0.2) is 0 Å². The molecule has 14 heavy (non-hydrogen) atoms. The molecule has 0 spiro atoms. The third-order valence-corrected chi connectivity index (χ3v) is 1.85. The lowest BCUT2D eigenvalue weighted by atomic mass is 10.2. The largest absolute Gasteiger partial charge is 0.497 e. The van der Waals surface area contributed by atoms with Crippen molar-refractivity contribution < 1.29 is 9.47 Å². The Morgan fingerprint density at radius 3 is 2.64 bits per heavy atom. The van der Waals surface area contributed by atoms with Crippen LogP contribution in [0.5, 0.6) is 11.5 Å². The lowest BCUT2D eigenvalue weighted by Gasteiger charge is -2.06. The highest BCUT2D eigenvalue weighted by Crippen LogP contribution is 2.22. The molecule has 0 unspecified atom stereocenters. The normalized spacial score (nSPS) is 10.5. The highest BCUT2D eigenvalue weighted by molar-refractivity contribution is 5.84. The van der Waals surface area contributed by atoms with Crippen molar-refractivity contribution in [3.05, 3.63) is 23.8 Å². The van der Waals surface area contributed by atoms with Crippen LogP contribution in [0, 0.1) is 0 Å². The van der Waals surface area contributed by atoms with Crippen molar-refractivity contribution in [3.63, 3.8) is 0 Å². The van der Waals surface area contributed by atoms with Gasteiger partial charge in [-0.15, -0.1) is 0 Å². The van der Waals surface area contributed by atoms with Crippen LogP contribution in [0.3, 0.4) is 0 Å². The quantitative estimate of drug-likeness (QED) is 0.686. The number of hydrogen-bond acceptors (Lipinski definition) is 3. The lowest BCUT2D eigenvalue weighted by Crippen LogP contribution is -1.92. The second-order valence-electron chi connectivity index (χ2n) is 2.74. The van der Waals surface area contributed by atoms with Crippen LogP contribution in [-0.2, 0) is 0 Å².